The molecule has 0 aromatic heterocycles. The predicted molar refractivity (Wildman–Crippen MR) is 132 cm³/mol. The second-order valence-corrected chi connectivity index (χ2v) is 17.8. The van der Waals surface area contributed by atoms with E-state index in [1.165, 1.54) is 47.0 Å². The number of hydrogen-bond donors (Lipinski definition) is 0. The molecular formula is C26H36Si2. The highest BCUT2D eigenvalue weighted by Crippen LogP contribution is 2.25. The van der Waals surface area contributed by atoms with Crippen LogP contribution >= 0.6 is 0 Å². The molecule has 0 heterocycles. The van der Waals surface area contributed by atoms with E-state index in [1.54, 1.807) is 0 Å². The summed E-state index contributed by atoms with van der Waals surface area (Å²) < 4.78 is 0. The molecule has 0 bridgehead atoms. The van der Waals surface area contributed by atoms with Crippen molar-refractivity contribution >= 4 is 26.9 Å². The molecule has 0 aliphatic carbocycles. The fraction of sp³-hybridized carbons (Fsp3) is 0.462. The van der Waals surface area contributed by atoms with Gasteiger partial charge in [0.1, 0.15) is 16.1 Å². The zero-order valence-corrected chi connectivity index (χ0v) is 20.7. The molecule has 0 spiro atoms. The van der Waals surface area contributed by atoms with Gasteiger partial charge in [0.25, 0.3) is 0 Å². The SMILES string of the molecule is CC[Si](C#Cc1ccc2ccccc2c1C#C[Si](CC)(CC)CC)(CC)CC. The van der Waals surface area contributed by atoms with Crippen LogP contribution in [0, 0.1) is 22.9 Å². The lowest BCUT2D eigenvalue weighted by Crippen LogP contribution is -2.29. The van der Waals surface area contributed by atoms with Crippen LogP contribution in [-0.4, -0.2) is 16.1 Å². The maximum atomic E-state index is 3.80. The average molecular weight is 405 g/mol. The van der Waals surface area contributed by atoms with E-state index in [1.807, 2.05) is 0 Å². The van der Waals surface area contributed by atoms with Crippen LogP contribution in [0.1, 0.15) is 52.7 Å². The third-order valence-corrected chi connectivity index (χ3v) is 16.3. The van der Waals surface area contributed by atoms with Crippen molar-refractivity contribution in [1.29, 1.82) is 0 Å². The van der Waals surface area contributed by atoms with Gasteiger partial charge in [-0.3, -0.25) is 0 Å². The molecule has 0 aliphatic heterocycles. The number of hydrogen-bond acceptors (Lipinski definition) is 0. The summed E-state index contributed by atoms with van der Waals surface area (Å²) in [5.41, 5.74) is 9.86. The molecule has 0 saturated heterocycles. The summed E-state index contributed by atoms with van der Waals surface area (Å²) in [7, 11) is -2.96. The summed E-state index contributed by atoms with van der Waals surface area (Å²) in [4.78, 5) is 0. The van der Waals surface area contributed by atoms with E-state index in [2.05, 4.69) is 101 Å². The molecule has 0 aliphatic rings. The third kappa shape index (κ3) is 4.80. The lowest BCUT2D eigenvalue weighted by atomic mass is 10.00. The van der Waals surface area contributed by atoms with Crippen LogP contribution in [0.5, 0.6) is 0 Å². The smallest absolute Gasteiger partial charge is 0.126 e. The standard InChI is InChI=1S/C26H36Si2/c1-7-27(8-2,9-3)21-19-24-18-17-23-15-13-14-16-25(23)26(24)20-22-28(10-4,11-5)12-6/h13-18H,7-12H2,1-6H3. The zero-order valence-electron chi connectivity index (χ0n) is 18.7. The van der Waals surface area contributed by atoms with Gasteiger partial charge in [0.05, 0.1) is 0 Å². The molecule has 2 aromatic rings. The first-order chi connectivity index (χ1) is 13.5. The molecule has 0 radical (unpaired) electrons. The van der Waals surface area contributed by atoms with Crippen LogP contribution in [0.2, 0.25) is 36.3 Å². The maximum absolute atomic E-state index is 3.80. The van der Waals surface area contributed by atoms with Crippen molar-refractivity contribution < 1.29 is 0 Å². The molecule has 2 rings (SSSR count). The van der Waals surface area contributed by atoms with Gasteiger partial charge in [-0.15, -0.1) is 11.1 Å². The summed E-state index contributed by atoms with van der Waals surface area (Å²) in [5.74, 6) is 7.28. The van der Waals surface area contributed by atoms with Gasteiger partial charge in [-0.25, -0.2) is 0 Å². The Labute approximate surface area is 175 Å². The van der Waals surface area contributed by atoms with Crippen molar-refractivity contribution in [2.45, 2.75) is 77.8 Å². The van der Waals surface area contributed by atoms with Crippen molar-refractivity contribution in [2.75, 3.05) is 0 Å². The number of benzene rings is 2. The van der Waals surface area contributed by atoms with Gasteiger partial charge in [-0.05, 0) is 53.1 Å². The van der Waals surface area contributed by atoms with E-state index >= 15 is 0 Å². The quantitative estimate of drug-likeness (QED) is 0.343. The molecule has 148 valence electrons. The van der Waals surface area contributed by atoms with E-state index in [9.17, 15) is 0 Å². The summed E-state index contributed by atoms with van der Waals surface area (Å²) in [6.07, 6.45) is 0. The lowest BCUT2D eigenvalue weighted by Gasteiger charge is -2.20. The van der Waals surface area contributed by atoms with Gasteiger partial charge < -0.3 is 0 Å². The topological polar surface area (TPSA) is 0 Å². The summed E-state index contributed by atoms with van der Waals surface area (Å²) in [6.45, 7) is 13.9. The highest BCUT2D eigenvalue weighted by molar-refractivity contribution is 6.87. The Hall–Kier alpha value is -1.75. The van der Waals surface area contributed by atoms with Crippen LogP contribution in [-0.2, 0) is 0 Å². The molecule has 0 N–H and O–H groups in total. The van der Waals surface area contributed by atoms with Gasteiger partial charge in [0.15, 0.2) is 0 Å². The minimum Gasteiger partial charge on any atom is -0.126 e. The first kappa shape index (κ1) is 22.5. The molecule has 0 fully saturated rings. The number of rotatable bonds is 6. The van der Waals surface area contributed by atoms with E-state index < -0.39 is 16.1 Å². The second kappa shape index (κ2) is 10.2. The van der Waals surface area contributed by atoms with Crippen molar-refractivity contribution in [2.24, 2.45) is 0 Å². The Morgan fingerprint density at radius 2 is 1.11 bits per heavy atom. The molecule has 0 atom stereocenters. The van der Waals surface area contributed by atoms with Crippen LogP contribution in [0.4, 0.5) is 0 Å². The minimum absolute atomic E-state index is 1.13. The van der Waals surface area contributed by atoms with Crippen LogP contribution in [0.15, 0.2) is 36.4 Å². The van der Waals surface area contributed by atoms with Crippen molar-refractivity contribution in [3.05, 3.63) is 47.5 Å². The van der Waals surface area contributed by atoms with Gasteiger partial charge >= 0.3 is 0 Å². The molecule has 2 aromatic carbocycles. The Bertz CT molecular complexity index is 894. The van der Waals surface area contributed by atoms with Crippen LogP contribution < -0.4 is 0 Å². The molecule has 0 unspecified atom stereocenters. The Morgan fingerprint density at radius 1 is 0.607 bits per heavy atom. The average Bonchev–Trinajstić information content (AvgIpc) is 2.77. The zero-order chi connectivity index (χ0) is 20.6. The molecule has 28 heavy (non-hydrogen) atoms. The first-order valence-corrected chi connectivity index (χ1v) is 16.3. The lowest BCUT2D eigenvalue weighted by molar-refractivity contribution is 1.20. The Morgan fingerprint density at radius 3 is 1.64 bits per heavy atom. The van der Waals surface area contributed by atoms with Gasteiger partial charge in [-0.2, -0.15) is 0 Å². The molecular weight excluding hydrogens is 368 g/mol. The normalized spacial score (nSPS) is 11.5. The summed E-state index contributed by atoms with van der Waals surface area (Å²) in [6, 6.07) is 20.4. The van der Waals surface area contributed by atoms with Crippen LogP contribution in [0.3, 0.4) is 0 Å². The van der Waals surface area contributed by atoms with E-state index in [4.69, 9.17) is 0 Å². The van der Waals surface area contributed by atoms with E-state index in [0.29, 0.717) is 0 Å². The predicted octanol–water partition coefficient (Wildman–Crippen LogP) is 7.64. The maximum Gasteiger partial charge on any atom is 0.138 e. The molecule has 0 amide bonds. The van der Waals surface area contributed by atoms with Crippen molar-refractivity contribution in [1.82, 2.24) is 0 Å². The summed E-state index contributed by atoms with van der Waals surface area (Å²) >= 11 is 0. The van der Waals surface area contributed by atoms with Crippen LogP contribution in [0.25, 0.3) is 10.8 Å². The first-order valence-electron chi connectivity index (χ1n) is 11.1. The Balaban J connectivity index is 2.69. The second-order valence-electron chi connectivity index (χ2n) is 7.89. The van der Waals surface area contributed by atoms with Gasteiger partial charge in [-0.1, -0.05) is 83.7 Å². The van der Waals surface area contributed by atoms with Crippen molar-refractivity contribution in [3.63, 3.8) is 0 Å². The fourth-order valence-corrected chi connectivity index (χ4v) is 8.79. The molecule has 0 nitrogen and oxygen atoms in total. The van der Waals surface area contributed by atoms with Gasteiger partial charge in [0, 0.05) is 11.1 Å². The number of fused-ring (bicyclic) bond motifs is 1. The van der Waals surface area contributed by atoms with Gasteiger partial charge in [0.2, 0.25) is 0 Å². The van der Waals surface area contributed by atoms with Crippen molar-refractivity contribution in [3.8, 4) is 22.9 Å². The highest BCUT2D eigenvalue weighted by atomic mass is 28.3. The molecule has 2 heteroatoms. The minimum atomic E-state index is -1.49. The summed E-state index contributed by atoms with van der Waals surface area (Å²) in [5, 5.41) is 2.52. The Kier molecular flexibility index (Phi) is 8.17. The molecule has 0 saturated carbocycles. The van der Waals surface area contributed by atoms with E-state index in [0.717, 1.165) is 11.1 Å². The highest BCUT2D eigenvalue weighted by Gasteiger charge is 2.25. The monoisotopic (exact) mass is 404 g/mol. The fourth-order valence-electron chi connectivity index (χ4n) is 3.94. The third-order valence-electron chi connectivity index (χ3n) is 6.90. The largest absolute Gasteiger partial charge is 0.138 e. The van der Waals surface area contributed by atoms with E-state index in [-0.39, 0.29) is 0 Å².